The molecule has 0 bridgehead atoms. The third kappa shape index (κ3) is 7.84. The maximum atomic E-state index is 13.7. The fourth-order valence-electron chi connectivity index (χ4n) is 4.77. The second-order valence-corrected chi connectivity index (χ2v) is 11.0. The van der Waals surface area contributed by atoms with E-state index in [0.29, 0.717) is 17.1 Å². The molecule has 1 aromatic heterocycles. The summed E-state index contributed by atoms with van der Waals surface area (Å²) < 4.78 is 50.0. The van der Waals surface area contributed by atoms with E-state index in [0.717, 1.165) is 24.3 Å². The molecule has 0 unspecified atom stereocenters. The molecule has 0 fully saturated rings. The molecule has 1 aliphatic rings. The number of aryl methyl sites for hydroxylation is 2. The Bertz CT molecular complexity index is 1520. The van der Waals surface area contributed by atoms with Crippen LogP contribution in [0.2, 0.25) is 0 Å². The summed E-state index contributed by atoms with van der Waals surface area (Å²) in [5.74, 6) is -0.0332. The highest BCUT2D eigenvalue weighted by Crippen LogP contribution is 2.32. The Labute approximate surface area is 257 Å². The zero-order chi connectivity index (χ0) is 33.1. The summed E-state index contributed by atoms with van der Waals surface area (Å²) in [7, 11) is 1.60. The third-order valence-corrected chi connectivity index (χ3v) is 7.46. The molecule has 5 amide bonds. The Morgan fingerprint density at radius 2 is 1.76 bits per heavy atom. The first-order valence-corrected chi connectivity index (χ1v) is 14.1. The van der Waals surface area contributed by atoms with Gasteiger partial charge in [0.15, 0.2) is 5.76 Å². The van der Waals surface area contributed by atoms with Gasteiger partial charge in [-0.1, -0.05) is 12.1 Å². The molecule has 3 atom stereocenters. The molecule has 4 rings (SSSR count). The lowest BCUT2D eigenvalue weighted by molar-refractivity contribution is -0.137. The number of nitrogens with zero attached hydrogens (tertiary/aromatic N) is 3. The van der Waals surface area contributed by atoms with Crippen molar-refractivity contribution in [3.63, 3.8) is 0 Å². The van der Waals surface area contributed by atoms with Crippen molar-refractivity contribution >= 4 is 35.0 Å². The zero-order valence-electron chi connectivity index (χ0n) is 25.4. The van der Waals surface area contributed by atoms with Crippen molar-refractivity contribution in [2.45, 2.75) is 46.0 Å². The molecule has 0 spiro atoms. The van der Waals surface area contributed by atoms with Gasteiger partial charge in [0, 0.05) is 30.9 Å². The molecule has 15 heteroatoms. The van der Waals surface area contributed by atoms with E-state index in [1.54, 1.807) is 27.8 Å². The number of fused-ring (bicyclic) bond motifs is 1. The van der Waals surface area contributed by atoms with Gasteiger partial charge in [-0.05, 0) is 63.2 Å². The number of alkyl halides is 3. The summed E-state index contributed by atoms with van der Waals surface area (Å²) in [6, 6.07) is 6.68. The van der Waals surface area contributed by atoms with Crippen LogP contribution in [-0.4, -0.2) is 76.9 Å². The van der Waals surface area contributed by atoms with Crippen molar-refractivity contribution in [2.24, 2.45) is 5.92 Å². The van der Waals surface area contributed by atoms with Gasteiger partial charge in [0.1, 0.15) is 23.2 Å². The number of anilines is 3. The van der Waals surface area contributed by atoms with Gasteiger partial charge in [-0.25, -0.2) is 9.59 Å². The Kier molecular flexibility index (Phi) is 9.91. The summed E-state index contributed by atoms with van der Waals surface area (Å²) >= 11 is 0. The van der Waals surface area contributed by atoms with E-state index in [4.69, 9.17) is 9.26 Å². The predicted molar refractivity (Wildman–Crippen MR) is 159 cm³/mol. The lowest BCUT2D eigenvalue weighted by atomic mass is 9.99. The predicted octanol–water partition coefficient (Wildman–Crippen LogP) is 5.34. The van der Waals surface area contributed by atoms with Crippen molar-refractivity contribution in [2.75, 3.05) is 42.7 Å². The van der Waals surface area contributed by atoms with E-state index in [9.17, 15) is 32.7 Å². The lowest BCUT2D eigenvalue weighted by Gasteiger charge is -2.38. The Morgan fingerprint density at radius 3 is 2.36 bits per heavy atom. The molecule has 45 heavy (non-hydrogen) atoms. The molecule has 12 nitrogen and oxygen atoms in total. The van der Waals surface area contributed by atoms with Gasteiger partial charge in [-0.2, -0.15) is 13.2 Å². The van der Waals surface area contributed by atoms with Crippen LogP contribution in [0.1, 0.15) is 41.2 Å². The maximum Gasteiger partial charge on any atom is 0.416 e. The molecule has 3 aromatic rings. The first-order chi connectivity index (χ1) is 21.2. The first-order valence-electron chi connectivity index (χ1n) is 14.1. The smallest absolute Gasteiger partial charge is 0.416 e. The molecule has 0 radical (unpaired) electrons. The summed E-state index contributed by atoms with van der Waals surface area (Å²) in [6.45, 7) is 7.01. The number of urea groups is 2. The molecule has 2 aromatic carbocycles. The van der Waals surface area contributed by atoms with E-state index < -0.39 is 41.9 Å². The third-order valence-electron chi connectivity index (χ3n) is 7.46. The van der Waals surface area contributed by atoms with Crippen LogP contribution in [0.3, 0.4) is 0 Å². The number of carbonyl (C=O) groups is 3. The highest BCUT2D eigenvalue weighted by molar-refractivity contribution is 6.02. The van der Waals surface area contributed by atoms with Crippen molar-refractivity contribution in [1.29, 1.82) is 0 Å². The fraction of sp³-hybridized carbons (Fsp3) is 0.400. The topological polar surface area (TPSA) is 149 Å². The summed E-state index contributed by atoms with van der Waals surface area (Å²) in [5.41, 5.74) is 0.613. The number of halogens is 3. The van der Waals surface area contributed by atoms with Gasteiger partial charge in [0.2, 0.25) is 0 Å². The monoisotopic (exact) mass is 632 g/mol. The first kappa shape index (κ1) is 33.1. The number of likely N-dealkylation sites (N-methyl/N-ethyl adjacent to an activating group) is 1. The molecule has 0 aliphatic carbocycles. The van der Waals surface area contributed by atoms with Crippen molar-refractivity contribution in [1.82, 2.24) is 15.0 Å². The van der Waals surface area contributed by atoms with Crippen molar-refractivity contribution < 1.29 is 41.9 Å². The quantitative estimate of drug-likeness (QED) is 0.275. The molecule has 1 aliphatic heterocycles. The number of ether oxygens (including phenoxy) is 1. The average molecular weight is 633 g/mol. The van der Waals surface area contributed by atoms with Gasteiger partial charge in [-0.3, -0.25) is 4.79 Å². The highest BCUT2D eigenvalue weighted by Gasteiger charge is 2.34. The molecule has 4 N–H and O–H groups in total. The van der Waals surface area contributed by atoms with Crippen molar-refractivity contribution in [3.8, 4) is 5.75 Å². The van der Waals surface area contributed by atoms with Gasteiger partial charge in [0.25, 0.3) is 5.91 Å². The van der Waals surface area contributed by atoms with Crippen LogP contribution in [0.15, 0.2) is 47.0 Å². The Morgan fingerprint density at radius 1 is 1.11 bits per heavy atom. The number of amides is 5. The van der Waals surface area contributed by atoms with E-state index in [1.165, 1.54) is 28.0 Å². The number of nitrogens with one attached hydrogen (secondary N) is 3. The standard InChI is InChI=1S/C30H35F3N6O6/c1-16-13-39(17(2)15-40)27(41)23-12-22(35-28(42)34-21-8-6-20(7-9-21)30(31,32)33)10-11-24(23)44-25(16)14-38(5)29(43)36-26-18(3)37-45-19(26)4/h6-12,16-17,25,40H,13-15H2,1-5H3,(H,36,43)(H2,34,35,42)/t16-,17-,25+/m1/s1. The number of carbonyl (C=O) groups excluding carboxylic acids is 3. The fourth-order valence-corrected chi connectivity index (χ4v) is 4.77. The van der Waals surface area contributed by atoms with Crippen LogP contribution in [0, 0.1) is 19.8 Å². The maximum absolute atomic E-state index is 13.7. The van der Waals surface area contributed by atoms with Crippen LogP contribution in [0.4, 0.5) is 39.8 Å². The Hall–Kier alpha value is -4.79. The van der Waals surface area contributed by atoms with Crippen LogP contribution in [0.25, 0.3) is 0 Å². The van der Waals surface area contributed by atoms with E-state index >= 15 is 0 Å². The largest absolute Gasteiger partial charge is 0.487 e. The number of hydrogen-bond donors (Lipinski definition) is 4. The molecule has 0 saturated heterocycles. The second-order valence-electron chi connectivity index (χ2n) is 11.0. The minimum atomic E-state index is -4.51. The number of aromatic nitrogens is 1. The summed E-state index contributed by atoms with van der Waals surface area (Å²) in [6.07, 6.45) is -5.08. The molecule has 0 saturated carbocycles. The number of aliphatic hydroxyl groups is 1. The highest BCUT2D eigenvalue weighted by atomic mass is 19.4. The van der Waals surface area contributed by atoms with E-state index in [-0.39, 0.29) is 48.3 Å². The van der Waals surface area contributed by atoms with Crippen LogP contribution in [0.5, 0.6) is 5.75 Å². The van der Waals surface area contributed by atoms with Gasteiger partial charge in [0.05, 0.1) is 30.3 Å². The molecular formula is C30H35F3N6O6. The Balaban J connectivity index is 1.54. The van der Waals surface area contributed by atoms with E-state index in [2.05, 4.69) is 21.1 Å². The SMILES string of the molecule is Cc1noc(C)c1NC(=O)N(C)C[C@@H]1Oc2ccc(NC(=O)Nc3ccc(C(F)(F)F)cc3)cc2C(=O)N([C@H](C)CO)C[C@H]1C. The van der Waals surface area contributed by atoms with Crippen LogP contribution >= 0.6 is 0 Å². The number of benzene rings is 2. The average Bonchev–Trinajstić information content (AvgIpc) is 3.30. The van der Waals surface area contributed by atoms with Gasteiger partial charge < -0.3 is 40.1 Å². The number of aliphatic hydroxyl groups excluding tert-OH is 1. The van der Waals surface area contributed by atoms with Crippen LogP contribution < -0.4 is 20.7 Å². The van der Waals surface area contributed by atoms with Crippen LogP contribution in [-0.2, 0) is 6.18 Å². The number of hydrogen-bond acceptors (Lipinski definition) is 7. The molecule has 2 heterocycles. The van der Waals surface area contributed by atoms with E-state index in [1.807, 2.05) is 6.92 Å². The minimum absolute atomic E-state index is 0.113. The van der Waals surface area contributed by atoms with Gasteiger partial charge in [-0.15, -0.1) is 0 Å². The minimum Gasteiger partial charge on any atom is -0.487 e. The zero-order valence-corrected chi connectivity index (χ0v) is 25.4. The normalized spacial score (nSPS) is 17.4. The number of rotatable bonds is 7. The summed E-state index contributed by atoms with van der Waals surface area (Å²) in [5, 5.41) is 21.6. The van der Waals surface area contributed by atoms with Crippen molar-refractivity contribution in [3.05, 3.63) is 65.0 Å². The van der Waals surface area contributed by atoms with Gasteiger partial charge >= 0.3 is 18.2 Å². The second kappa shape index (κ2) is 13.5. The molecule has 242 valence electrons. The molecular weight excluding hydrogens is 597 g/mol. The lowest BCUT2D eigenvalue weighted by Crippen LogP contribution is -2.50. The summed E-state index contributed by atoms with van der Waals surface area (Å²) in [4.78, 5) is 42.3.